The van der Waals surface area contributed by atoms with Gasteiger partial charge in [-0.15, -0.1) is 11.3 Å². The van der Waals surface area contributed by atoms with E-state index in [1.54, 1.807) is 23.0 Å². The summed E-state index contributed by atoms with van der Waals surface area (Å²) in [7, 11) is 1.82. The minimum atomic E-state index is -4.45. The summed E-state index contributed by atoms with van der Waals surface area (Å²) in [5.41, 5.74) is 7.88. The molecule has 3 aromatic rings. The van der Waals surface area contributed by atoms with Gasteiger partial charge in [0.2, 0.25) is 0 Å². The predicted octanol–water partition coefficient (Wildman–Crippen LogP) is 3.78. The molecular formula is C20H21F3N4OS. The van der Waals surface area contributed by atoms with E-state index in [1.807, 2.05) is 19.4 Å². The van der Waals surface area contributed by atoms with Gasteiger partial charge in [0.05, 0.1) is 22.3 Å². The summed E-state index contributed by atoms with van der Waals surface area (Å²) in [5, 5.41) is 8.81. The maximum Gasteiger partial charge on any atom is 0.416 e. The van der Waals surface area contributed by atoms with Gasteiger partial charge in [-0.1, -0.05) is 18.2 Å². The van der Waals surface area contributed by atoms with Crippen LogP contribution in [0.4, 0.5) is 13.2 Å². The third kappa shape index (κ3) is 4.68. The number of aryl methyl sites for hydroxylation is 2. The molecule has 3 N–H and O–H groups in total. The van der Waals surface area contributed by atoms with Crippen LogP contribution in [0.15, 0.2) is 41.9 Å². The topological polar surface area (TPSA) is 72.9 Å². The Morgan fingerprint density at radius 2 is 2.07 bits per heavy atom. The van der Waals surface area contributed by atoms with Gasteiger partial charge in [-0.05, 0) is 36.6 Å². The van der Waals surface area contributed by atoms with Crippen LogP contribution in [-0.2, 0) is 19.6 Å². The van der Waals surface area contributed by atoms with Crippen molar-refractivity contribution in [1.82, 2.24) is 15.1 Å². The van der Waals surface area contributed by atoms with Gasteiger partial charge < -0.3 is 11.1 Å². The van der Waals surface area contributed by atoms with Crippen LogP contribution in [0.2, 0.25) is 0 Å². The monoisotopic (exact) mass is 422 g/mol. The second-order valence-corrected chi connectivity index (χ2v) is 7.68. The van der Waals surface area contributed by atoms with E-state index in [2.05, 4.69) is 10.4 Å². The molecule has 5 nitrogen and oxygen atoms in total. The molecule has 0 aliphatic heterocycles. The van der Waals surface area contributed by atoms with E-state index >= 15 is 0 Å². The zero-order chi connectivity index (χ0) is 21.2. The van der Waals surface area contributed by atoms with E-state index in [0.717, 1.165) is 22.9 Å². The Kier molecular flexibility index (Phi) is 6.09. The van der Waals surface area contributed by atoms with Gasteiger partial charge >= 0.3 is 6.18 Å². The lowest BCUT2D eigenvalue weighted by molar-refractivity contribution is -0.138. The molecule has 0 aliphatic rings. The number of hydrogen-bond acceptors (Lipinski definition) is 4. The fourth-order valence-electron chi connectivity index (χ4n) is 3.23. The van der Waals surface area contributed by atoms with Gasteiger partial charge in [0, 0.05) is 30.6 Å². The number of nitrogens with two attached hydrogens (primary N) is 1. The van der Waals surface area contributed by atoms with E-state index in [4.69, 9.17) is 5.73 Å². The smallest absolute Gasteiger partial charge is 0.347 e. The number of aromatic nitrogens is 2. The number of carbonyl (C=O) groups excluding carboxylic acids is 1. The van der Waals surface area contributed by atoms with Gasteiger partial charge in [0.25, 0.3) is 5.91 Å². The minimum absolute atomic E-state index is 0.00298. The molecule has 2 heterocycles. The fourth-order valence-corrected chi connectivity index (χ4v) is 4.03. The van der Waals surface area contributed by atoms with Gasteiger partial charge in [-0.25, -0.2) is 0 Å². The molecule has 29 heavy (non-hydrogen) atoms. The van der Waals surface area contributed by atoms with Gasteiger partial charge in [-0.2, -0.15) is 18.3 Å². The Bertz CT molecular complexity index is 990. The van der Waals surface area contributed by atoms with Crippen molar-refractivity contribution < 1.29 is 18.0 Å². The highest BCUT2D eigenvalue weighted by molar-refractivity contribution is 7.12. The first kappa shape index (κ1) is 21.1. The van der Waals surface area contributed by atoms with Crippen molar-refractivity contribution in [2.45, 2.75) is 25.6 Å². The lowest BCUT2D eigenvalue weighted by atomic mass is 9.99. The summed E-state index contributed by atoms with van der Waals surface area (Å²) in [6, 6.07) is 6.47. The van der Waals surface area contributed by atoms with Gasteiger partial charge in [0.1, 0.15) is 0 Å². The maximum absolute atomic E-state index is 13.2. The molecule has 0 unspecified atom stereocenters. The highest BCUT2D eigenvalue weighted by Crippen LogP contribution is 2.32. The molecule has 0 aliphatic carbocycles. The molecule has 1 amide bonds. The summed E-state index contributed by atoms with van der Waals surface area (Å²) in [5.74, 6) is -0.360. The zero-order valence-corrected chi connectivity index (χ0v) is 16.8. The Hall–Kier alpha value is -2.65. The van der Waals surface area contributed by atoms with Crippen molar-refractivity contribution in [1.29, 1.82) is 0 Å². The van der Waals surface area contributed by atoms with Crippen LogP contribution in [0.1, 0.15) is 26.4 Å². The summed E-state index contributed by atoms with van der Waals surface area (Å²) < 4.78 is 41.4. The Balaban J connectivity index is 1.75. The first-order valence-electron chi connectivity index (χ1n) is 8.94. The molecule has 0 spiro atoms. The molecule has 0 bridgehead atoms. The van der Waals surface area contributed by atoms with E-state index in [0.29, 0.717) is 4.88 Å². The standard InChI is InChI=1S/C20H21F3N4OS/c1-12-10-25-27(2)18(12)14-8-17(29-11-14)19(28)26-15(9-24)7-13-5-3-4-6-16(13)20(21,22)23/h3-6,8,10-11,15H,7,9,24H2,1-2H3,(H,26,28)/t15-/m0/s1. The molecule has 0 saturated heterocycles. The van der Waals surface area contributed by atoms with E-state index < -0.39 is 17.8 Å². The number of nitrogens with one attached hydrogen (secondary N) is 1. The molecule has 3 rings (SSSR count). The predicted molar refractivity (Wildman–Crippen MR) is 107 cm³/mol. The third-order valence-electron chi connectivity index (χ3n) is 4.63. The number of carbonyl (C=O) groups is 1. The molecule has 1 atom stereocenters. The van der Waals surface area contributed by atoms with Gasteiger partial charge in [-0.3, -0.25) is 9.48 Å². The van der Waals surface area contributed by atoms with E-state index in [1.165, 1.54) is 23.5 Å². The normalized spacial score (nSPS) is 12.8. The molecule has 2 aromatic heterocycles. The van der Waals surface area contributed by atoms with E-state index in [9.17, 15) is 18.0 Å². The maximum atomic E-state index is 13.2. The summed E-state index contributed by atoms with van der Waals surface area (Å²) in [4.78, 5) is 13.1. The number of rotatable bonds is 6. The Morgan fingerprint density at radius 1 is 1.34 bits per heavy atom. The highest BCUT2D eigenvalue weighted by Gasteiger charge is 2.33. The second-order valence-electron chi connectivity index (χ2n) is 6.76. The van der Waals surface area contributed by atoms with Gasteiger partial charge in [0.15, 0.2) is 0 Å². The summed E-state index contributed by atoms with van der Waals surface area (Å²) in [6.07, 6.45) is -2.71. The van der Waals surface area contributed by atoms with Crippen LogP contribution in [0, 0.1) is 6.92 Å². The quantitative estimate of drug-likeness (QED) is 0.635. The molecular weight excluding hydrogens is 401 g/mol. The number of halogens is 3. The molecule has 0 fully saturated rings. The zero-order valence-electron chi connectivity index (χ0n) is 16.0. The Labute approximate surface area is 170 Å². The summed E-state index contributed by atoms with van der Waals surface area (Å²) in [6.45, 7) is 1.96. The van der Waals surface area contributed by atoms with Crippen molar-refractivity contribution >= 4 is 17.2 Å². The Morgan fingerprint density at radius 3 is 2.69 bits per heavy atom. The molecule has 154 valence electrons. The van der Waals surface area contributed by atoms with Crippen LogP contribution in [0.3, 0.4) is 0 Å². The number of amides is 1. The SMILES string of the molecule is Cc1cnn(C)c1-c1csc(C(=O)N[C@H](CN)Cc2ccccc2C(F)(F)F)c1. The number of thiophene rings is 1. The average molecular weight is 422 g/mol. The van der Waals surface area contributed by atoms with Crippen LogP contribution in [0.5, 0.6) is 0 Å². The molecule has 0 radical (unpaired) electrons. The number of hydrogen-bond donors (Lipinski definition) is 2. The number of benzene rings is 1. The van der Waals surface area contributed by atoms with Crippen molar-refractivity contribution in [2.24, 2.45) is 12.8 Å². The largest absolute Gasteiger partial charge is 0.416 e. The van der Waals surface area contributed by atoms with Crippen LogP contribution in [0.25, 0.3) is 11.3 Å². The second kappa shape index (κ2) is 8.38. The summed E-state index contributed by atoms with van der Waals surface area (Å²) >= 11 is 1.27. The lowest BCUT2D eigenvalue weighted by Gasteiger charge is -2.19. The highest BCUT2D eigenvalue weighted by atomic mass is 32.1. The number of nitrogens with zero attached hydrogens (tertiary/aromatic N) is 2. The van der Waals surface area contributed by atoms with Crippen LogP contribution >= 0.6 is 11.3 Å². The van der Waals surface area contributed by atoms with Crippen molar-refractivity contribution in [3.05, 3.63) is 63.5 Å². The lowest BCUT2D eigenvalue weighted by Crippen LogP contribution is -2.41. The molecule has 9 heteroatoms. The van der Waals surface area contributed by atoms with Crippen LogP contribution < -0.4 is 11.1 Å². The van der Waals surface area contributed by atoms with Crippen molar-refractivity contribution in [3.8, 4) is 11.3 Å². The van der Waals surface area contributed by atoms with Crippen LogP contribution in [-0.4, -0.2) is 28.3 Å². The third-order valence-corrected chi connectivity index (χ3v) is 5.56. The molecule has 0 saturated carbocycles. The molecule has 1 aromatic carbocycles. The van der Waals surface area contributed by atoms with Crippen molar-refractivity contribution in [2.75, 3.05) is 6.54 Å². The number of alkyl halides is 3. The van der Waals surface area contributed by atoms with E-state index in [-0.39, 0.29) is 24.4 Å². The average Bonchev–Trinajstić information content (AvgIpc) is 3.27. The first-order chi connectivity index (χ1) is 13.7. The first-order valence-corrected chi connectivity index (χ1v) is 9.82. The minimum Gasteiger partial charge on any atom is -0.347 e. The fraction of sp³-hybridized carbons (Fsp3) is 0.300. The van der Waals surface area contributed by atoms with Crippen molar-refractivity contribution in [3.63, 3.8) is 0 Å².